The molecule has 5 rings (SSSR count). The second-order valence-electron chi connectivity index (χ2n) is 9.89. The standard InChI is InChI=1S/C31H33N7O/c1-20-11-18-25-24(19-20)28(36-26-9-5-6-10-27(26)37-31(32)33)38-29(35-25)30(39)34-23-16-14-22(15-17-23)13-12-21-7-3-2-4-8-21/h2-4,7-8,11-19,26-27H,5-6,9-10H2,1H3,(H,34,39)(H4,32,33,37)(H,35,36,38)/b13-12+/t26-,27+/m0/s1. The zero-order chi connectivity index (χ0) is 27.2. The quantitative estimate of drug-likeness (QED) is 0.148. The predicted molar refractivity (Wildman–Crippen MR) is 160 cm³/mol. The normalized spacial score (nSPS) is 17.2. The number of nitrogens with zero attached hydrogens (tertiary/aromatic N) is 3. The minimum absolute atomic E-state index is 0.00635. The maximum absolute atomic E-state index is 13.2. The Morgan fingerprint density at radius 2 is 1.64 bits per heavy atom. The summed E-state index contributed by atoms with van der Waals surface area (Å²) in [6, 6.07) is 23.6. The average Bonchev–Trinajstić information content (AvgIpc) is 2.94. The molecule has 4 aromatic rings. The largest absolute Gasteiger partial charge is 0.370 e. The summed E-state index contributed by atoms with van der Waals surface area (Å²) in [6.07, 6.45) is 8.02. The molecule has 1 saturated carbocycles. The minimum Gasteiger partial charge on any atom is -0.370 e. The lowest BCUT2D eigenvalue weighted by Crippen LogP contribution is -2.38. The van der Waals surface area contributed by atoms with Crippen molar-refractivity contribution in [2.45, 2.75) is 44.7 Å². The zero-order valence-electron chi connectivity index (χ0n) is 22.0. The number of aryl methyl sites for hydroxylation is 1. The van der Waals surface area contributed by atoms with Crippen molar-refractivity contribution < 1.29 is 4.79 Å². The number of nitrogens with one attached hydrogen (secondary N) is 2. The third-order valence-electron chi connectivity index (χ3n) is 6.86. The van der Waals surface area contributed by atoms with E-state index in [4.69, 9.17) is 11.5 Å². The van der Waals surface area contributed by atoms with Gasteiger partial charge in [-0.3, -0.25) is 4.79 Å². The van der Waals surface area contributed by atoms with Crippen molar-refractivity contribution in [1.82, 2.24) is 9.97 Å². The fourth-order valence-electron chi connectivity index (χ4n) is 4.88. The number of hydrogen-bond donors (Lipinski definition) is 4. The Morgan fingerprint density at radius 3 is 2.38 bits per heavy atom. The van der Waals surface area contributed by atoms with Gasteiger partial charge in [0.15, 0.2) is 5.96 Å². The third kappa shape index (κ3) is 6.59. The molecule has 0 saturated heterocycles. The van der Waals surface area contributed by atoms with Crippen molar-refractivity contribution in [2.75, 3.05) is 10.6 Å². The van der Waals surface area contributed by atoms with Crippen LogP contribution in [0.25, 0.3) is 23.1 Å². The van der Waals surface area contributed by atoms with Crippen LogP contribution in [0.5, 0.6) is 0 Å². The van der Waals surface area contributed by atoms with Gasteiger partial charge in [0.05, 0.1) is 17.6 Å². The van der Waals surface area contributed by atoms with Crippen LogP contribution >= 0.6 is 0 Å². The predicted octanol–water partition coefficient (Wildman–Crippen LogP) is 5.36. The number of guanidine groups is 1. The van der Waals surface area contributed by atoms with E-state index in [0.29, 0.717) is 17.0 Å². The SMILES string of the molecule is Cc1ccc2nc(C(=O)Nc3ccc(/C=C/c4ccccc4)cc3)nc(N[C@H]3CCCC[C@H]3N=C(N)N)c2c1. The topological polar surface area (TPSA) is 131 Å². The van der Waals surface area contributed by atoms with E-state index in [-0.39, 0.29) is 29.8 Å². The molecule has 8 heteroatoms. The Balaban J connectivity index is 1.37. The summed E-state index contributed by atoms with van der Waals surface area (Å²) < 4.78 is 0. The fraction of sp³-hybridized carbons (Fsp3) is 0.226. The molecule has 1 amide bonds. The van der Waals surface area contributed by atoms with E-state index < -0.39 is 0 Å². The number of carbonyl (C=O) groups is 1. The molecule has 1 heterocycles. The summed E-state index contributed by atoms with van der Waals surface area (Å²) in [7, 11) is 0. The monoisotopic (exact) mass is 519 g/mol. The first-order valence-electron chi connectivity index (χ1n) is 13.2. The van der Waals surface area contributed by atoms with Crippen LogP contribution in [0.1, 0.15) is 53.0 Å². The second-order valence-corrected chi connectivity index (χ2v) is 9.89. The molecule has 1 aliphatic rings. The minimum atomic E-state index is -0.377. The molecule has 0 aliphatic heterocycles. The van der Waals surface area contributed by atoms with E-state index in [2.05, 4.69) is 31.7 Å². The molecule has 0 bridgehead atoms. The molecule has 1 aliphatic carbocycles. The number of amides is 1. The summed E-state index contributed by atoms with van der Waals surface area (Å²) in [6.45, 7) is 2.02. The molecule has 39 heavy (non-hydrogen) atoms. The van der Waals surface area contributed by atoms with Gasteiger partial charge in [-0.15, -0.1) is 0 Å². The van der Waals surface area contributed by atoms with Gasteiger partial charge in [0.2, 0.25) is 5.82 Å². The van der Waals surface area contributed by atoms with Crippen molar-refractivity contribution in [2.24, 2.45) is 16.5 Å². The third-order valence-corrected chi connectivity index (χ3v) is 6.86. The number of aromatic nitrogens is 2. The number of rotatable bonds is 7. The van der Waals surface area contributed by atoms with E-state index in [1.165, 1.54) is 0 Å². The van der Waals surface area contributed by atoms with E-state index >= 15 is 0 Å². The number of anilines is 2. The molecule has 1 fully saturated rings. The summed E-state index contributed by atoms with van der Waals surface area (Å²) in [5.41, 5.74) is 16.0. The second kappa shape index (κ2) is 11.8. The Bertz CT molecular complexity index is 1510. The van der Waals surface area contributed by atoms with Crippen molar-refractivity contribution >= 4 is 46.4 Å². The molecular weight excluding hydrogens is 486 g/mol. The molecule has 3 aromatic carbocycles. The molecule has 6 N–H and O–H groups in total. The van der Waals surface area contributed by atoms with Gasteiger partial charge in [-0.05, 0) is 55.2 Å². The lowest BCUT2D eigenvalue weighted by atomic mass is 9.90. The van der Waals surface area contributed by atoms with Gasteiger partial charge < -0.3 is 22.1 Å². The van der Waals surface area contributed by atoms with Crippen molar-refractivity contribution in [1.29, 1.82) is 0 Å². The molecule has 2 atom stereocenters. The lowest BCUT2D eigenvalue weighted by molar-refractivity contribution is 0.101. The first-order chi connectivity index (χ1) is 18.9. The molecule has 0 spiro atoms. The van der Waals surface area contributed by atoms with Gasteiger partial charge in [0, 0.05) is 11.1 Å². The highest BCUT2D eigenvalue weighted by Gasteiger charge is 2.26. The molecule has 8 nitrogen and oxygen atoms in total. The first-order valence-corrected chi connectivity index (χ1v) is 13.2. The summed E-state index contributed by atoms with van der Waals surface area (Å²) >= 11 is 0. The van der Waals surface area contributed by atoms with Crippen LogP contribution in [0.4, 0.5) is 11.5 Å². The Labute approximate surface area is 228 Å². The zero-order valence-corrected chi connectivity index (χ0v) is 22.0. The number of aliphatic imine (C=N–C) groups is 1. The smallest absolute Gasteiger partial charge is 0.293 e. The number of carbonyl (C=O) groups excluding carboxylic acids is 1. The summed E-state index contributed by atoms with van der Waals surface area (Å²) in [4.78, 5) is 26.9. The number of benzene rings is 3. The summed E-state index contributed by atoms with van der Waals surface area (Å²) in [5, 5.41) is 7.33. The van der Waals surface area contributed by atoms with Crippen LogP contribution in [-0.4, -0.2) is 33.9 Å². The molecule has 0 unspecified atom stereocenters. The van der Waals surface area contributed by atoms with Gasteiger partial charge >= 0.3 is 0 Å². The highest BCUT2D eigenvalue weighted by Crippen LogP contribution is 2.28. The fourth-order valence-corrected chi connectivity index (χ4v) is 4.88. The Hall–Kier alpha value is -4.72. The van der Waals surface area contributed by atoms with Crippen LogP contribution < -0.4 is 22.1 Å². The van der Waals surface area contributed by atoms with Gasteiger partial charge in [-0.2, -0.15) is 0 Å². The number of nitrogens with two attached hydrogens (primary N) is 2. The van der Waals surface area contributed by atoms with Gasteiger partial charge in [-0.1, -0.05) is 79.1 Å². The van der Waals surface area contributed by atoms with Crippen molar-refractivity contribution in [3.05, 3.63) is 95.3 Å². The maximum Gasteiger partial charge on any atom is 0.293 e. The van der Waals surface area contributed by atoms with Crippen LogP contribution in [0, 0.1) is 6.92 Å². The average molecular weight is 520 g/mol. The van der Waals surface area contributed by atoms with Crippen LogP contribution in [0.2, 0.25) is 0 Å². The maximum atomic E-state index is 13.2. The highest BCUT2D eigenvalue weighted by molar-refractivity contribution is 6.04. The first kappa shape index (κ1) is 25.9. The van der Waals surface area contributed by atoms with Gasteiger partial charge in [0.25, 0.3) is 5.91 Å². The lowest BCUT2D eigenvalue weighted by Gasteiger charge is -2.30. The molecular formula is C31H33N7O. The van der Waals surface area contributed by atoms with E-state index in [0.717, 1.165) is 47.8 Å². The van der Waals surface area contributed by atoms with Gasteiger partial charge in [-0.25, -0.2) is 15.0 Å². The van der Waals surface area contributed by atoms with Crippen molar-refractivity contribution in [3.63, 3.8) is 0 Å². The number of hydrogen-bond acceptors (Lipinski definition) is 5. The van der Waals surface area contributed by atoms with Gasteiger partial charge in [0.1, 0.15) is 5.82 Å². The van der Waals surface area contributed by atoms with Crippen LogP contribution in [-0.2, 0) is 0 Å². The number of fused-ring (bicyclic) bond motifs is 1. The highest BCUT2D eigenvalue weighted by atomic mass is 16.2. The summed E-state index contributed by atoms with van der Waals surface area (Å²) in [5.74, 6) is 0.408. The molecule has 0 radical (unpaired) electrons. The van der Waals surface area contributed by atoms with Crippen LogP contribution in [0.3, 0.4) is 0 Å². The Morgan fingerprint density at radius 1 is 0.923 bits per heavy atom. The Kier molecular flexibility index (Phi) is 7.82. The van der Waals surface area contributed by atoms with E-state index in [1.807, 2.05) is 85.8 Å². The van der Waals surface area contributed by atoms with Crippen molar-refractivity contribution in [3.8, 4) is 0 Å². The molecule has 1 aromatic heterocycles. The van der Waals surface area contributed by atoms with E-state index in [9.17, 15) is 4.79 Å². The molecule has 198 valence electrons. The van der Waals surface area contributed by atoms with Crippen LogP contribution in [0.15, 0.2) is 77.8 Å². The van der Waals surface area contributed by atoms with E-state index in [1.54, 1.807) is 0 Å².